The fraction of sp³-hybridized carbons (Fsp3) is 0.833. The van der Waals surface area contributed by atoms with Gasteiger partial charge in [0.25, 0.3) is 0 Å². The Hall–Kier alpha value is -1.30. The van der Waals surface area contributed by atoms with Crippen molar-refractivity contribution in [1.29, 1.82) is 0 Å². The van der Waals surface area contributed by atoms with Crippen LogP contribution in [0.25, 0.3) is 0 Å². The van der Waals surface area contributed by atoms with Crippen LogP contribution in [0.5, 0.6) is 0 Å². The molecule has 0 spiro atoms. The Morgan fingerprint density at radius 1 is 1.39 bits per heavy atom. The van der Waals surface area contributed by atoms with E-state index in [9.17, 15) is 14.7 Å². The summed E-state index contributed by atoms with van der Waals surface area (Å²) >= 11 is 0. The normalized spacial score (nSPS) is 28.9. The number of amides is 1. The molecule has 0 aromatic rings. The van der Waals surface area contributed by atoms with Crippen molar-refractivity contribution in [3.05, 3.63) is 0 Å². The van der Waals surface area contributed by atoms with E-state index in [1.807, 2.05) is 0 Å². The number of piperidine rings is 1. The summed E-state index contributed by atoms with van der Waals surface area (Å²) in [7, 11) is 0. The number of hydrogen-bond donors (Lipinski definition) is 2. The van der Waals surface area contributed by atoms with Crippen molar-refractivity contribution in [3.8, 4) is 0 Å². The van der Waals surface area contributed by atoms with Crippen LogP contribution in [0.1, 0.15) is 34.1 Å². The van der Waals surface area contributed by atoms with E-state index in [1.165, 1.54) is 11.8 Å². The number of carbonyl (C=O) groups is 2. The fourth-order valence-electron chi connectivity index (χ4n) is 2.01. The van der Waals surface area contributed by atoms with Crippen LogP contribution in [0.15, 0.2) is 0 Å². The molecule has 2 unspecified atom stereocenters. The van der Waals surface area contributed by atoms with Crippen LogP contribution in [-0.2, 0) is 9.53 Å². The van der Waals surface area contributed by atoms with E-state index in [0.29, 0.717) is 0 Å². The molecule has 1 rings (SSSR count). The quantitative estimate of drug-likeness (QED) is 0.735. The molecule has 104 valence electrons. The number of likely N-dealkylation sites (tertiary alicyclic amines) is 1. The molecule has 0 saturated carbocycles. The lowest BCUT2D eigenvalue weighted by molar-refractivity contribution is -0.154. The molecule has 0 aromatic heterocycles. The van der Waals surface area contributed by atoms with Gasteiger partial charge in [0, 0.05) is 13.1 Å². The minimum Gasteiger partial charge on any atom is -0.481 e. The average molecular weight is 259 g/mol. The summed E-state index contributed by atoms with van der Waals surface area (Å²) in [6, 6.07) is 0. The Labute approximate surface area is 107 Å². The number of aliphatic hydroxyl groups is 1. The number of hydrogen-bond acceptors (Lipinski definition) is 4. The van der Waals surface area contributed by atoms with Crippen molar-refractivity contribution < 1.29 is 24.5 Å². The number of nitrogens with zero attached hydrogens (tertiary/aromatic N) is 1. The van der Waals surface area contributed by atoms with Crippen molar-refractivity contribution in [3.63, 3.8) is 0 Å². The third-order valence-electron chi connectivity index (χ3n) is 2.83. The largest absolute Gasteiger partial charge is 0.481 e. The Morgan fingerprint density at radius 2 is 1.94 bits per heavy atom. The topological polar surface area (TPSA) is 87.1 Å². The molecule has 1 amide bonds. The van der Waals surface area contributed by atoms with Crippen LogP contribution >= 0.6 is 0 Å². The number of carboxylic acid groups (broad SMARTS) is 1. The summed E-state index contributed by atoms with van der Waals surface area (Å²) in [5.74, 6) is -1.02. The van der Waals surface area contributed by atoms with Gasteiger partial charge in [-0.2, -0.15) is 0 Å². The van der Waals surface area contributed by atoms with E-state index >= 15 is 0 Å². The predicted octanol–water partition coefficient (Wildman–Crippen LogP) is 1.08. The van der Waals surface area contributed by atoms with E-state index in [4.69, 9.17) is 9.84 Å². The van der Waals surface area contributed by atoms with Crippen LogP contribution in [0.2, 0.25) is 0 Å². The molecule has 1 heterocycles. The van der Waals surface area contributed by atoms with Gasteiger partial charge in [-0.25, -0.2) is 4.79 Å². The van der Waals surface area contributed by atoms with Crippen LogP contribution in [0.3, 0.4) is 0 Å². The van der Waals surface area contributed by atoms with Crippen molar-refractivity contribution >= 4 is 12.1 Å². The van der Waals surface area contributed by atoms with E-state index in [0.717, 1.165) is 0 Å². The van der Waals surface area contributed by atoms with Crippen LogP contribution < -0.4 is 0 Å². The number of carbonyl (C=O) groups excluding carboxylic acids is 1. The second-order valence-corrected chi connectivity index (χ2v) is 6.08. The molecule has 0 aliphatic carbocycles. The number of carboxylic acids is 1. The minimum absolute atomic E-state index is 0.0499. The zero-order chi connectivity index (χ0) is 14.1. The van der Waals surface area contributed by atoms with E-state index in [2.05, 4.69) is 0 Å². The maximum atomic E-state index is 11.9. The van der Waals surface area contributed by atoms with Gasteiger partial charge in [0.1, 0.15) is 5.60 Å². The lowest BCUT2D eigenvalue weighted by Gasteiger charge is -2.40. The smallest absolute Gasteiger partial charge is 0.410 e. The van der Waals surface area contributed by atoms with Crippen molar-refractivity contribution in [2.75, 3.05) is 13.1 Å². The highest BCUT2D eigenvalue weighted by Gasteiger charge is 2.43. The summed E-state index contributed by atoms with van der Waals surface area (Å²) in [5.41, 5.74) is -1.77. The zero-order valence-electron chi connectivity index (χ0n) is 11.3. The number of rotatable bonds is 1. The van der Waals surface area contributed by atoms with Gasteiger partial charge >= 0.3 is 12.1 Å². The molecule has 6 heteroatoms. The highest BCUT2D eigenvalue weighted by Crippen LogP contribution is 2.30. The first kappa shape index (κ1) is 14.8. The first-order valence-corrected chi connectivity index (χ1v) is 5.93. The van der Waals surface area contributed by atoms with Gasteiger partial charge in [-0.1, -0.05) is 0 Å². The molecule has 6 nitrogen and oxygen atoms in total. The van der Waals surface area contributed by atoms with Crippen molar-refractivity contribution in [1.82, 2.24) is 4.90 Å². The second kappa shape index (κ2) is 4.76. The predicted molar refractivity (Wildman–Crippen MR) is 64.2 cm³/mol. The maximum Gasteiger partial charge on any atom is 0.410 e. The molecule has 0 radical (unpaired) electrons. The molecule has 1 aliphatic heterocycles. The molecule has 18 heavy (non-hydrogen) atoms. The monoisotopic (exact) mass is 259 g/mol. The summed E-state index contributed by atoms with van der Waals surface area (Å²) in [4.78, 5) is 24.3. The first-order chi connectivity index (χ1) is 8.03. The molecule has 2 N–H and O–H groups in total. The van der Waals surface area contributed by atoms with Crippen LogP contribution in [-0.4, -0.2) is 52.0 Å². The standard InChI is InChI=1S/C12H21NO5/c1-11(2,3)18-10(17)13-6-8(14)5-12(4,7-13)9(15)16/h8,14H,5-7H2,1-4H3,(H,15,16). The maximum absolute atomic E-state index is 11.9. The van der Waals surface area contributed by atoms with Crippen LogP contribution in [0, 0.1) is 5.41 Å². The Balaban J connectivity index is 2.78. The van der Waals surface area contributed by atoms with Crippen molar-refractivity contribution in [2.24, 2.45) is 5.41 Å². The molecular weight excluding hydrogens is 238 g/mol. The van der Waals surface area contributed by atoms with Gasteiger partial charge in [-0.05, 0) is 34.1 Å². The van der Waals surface area contributed by atoms with E-state index in [1.54, 1.807) is 20.8 Å². The number of ether oxygens (including phenoxy) is 1. The van der Waals surface area contributed by atoms with Crippen LogP contribution in [0.4, 0.5) is 4.79 Å². The highest BCUT2D eigenvalue weighted by molar-refractivity contribution is 5.76. The molecule has 1 saturated heterocycles. The molecule has 2 atom stereocenters. The third-order valence-corrected chi connectivity index (χ3v) is 2.83. The Kier molecular flexibility index (Phi) is 3.90. The SMILES string of the molecule is CC(C)(C)OC(=O)N1CC(O)CC(C)(C(=O)O)C1. The lowest BCUT2D eigenvalue weighted by Crippen LogP contribution is -2.54. The lowest BCUT2D eigenvalue weighted by atomic mass is 9.81. The Morgan fingerprint density at radius 3 is 2.39 bits per heavy atom. The van der Waals surface area contributed by atoms with Gasteiger partial charge in [0.05, 0.1) is 11.5 Å². The second-order valence-electron chi connectivity index (χ2n) is 6.08. The van der Waals surface area contributed by atoms with Gasteiger partial charge < -0.3 is 19.8 Å². The molecule has 1 fully saturated rings. The summed E-state index contributed by atoms with van der Waals surface area (Å²) in [6.45, 7) is 6.90. The van der Waals surface area contributed by atoms with Gasteiger partial charge in [0.2, 0.25) is 0 Å². The summed E-state index contributed by atoms with van der Waals surface area (Å²) in [6.07, 6.45) is -1.29. The van der Waals surface area contributed by atoms with Gasteiger partial charge in [-0.3, -0.25) is 4.79 Å². The van der Waals surface area contributed by atoms with Gasteiger partial charge in [-0.15, -0.1) is 0 Å². The fourth-order valence-corrected chi connectivity index (χ4v) is 2.01. The molecular formula is C12H21NO5. The Bertz CT molecular complexity index is 349. The van der Waals surface area contributed by atoms with E-state index < -0.39 is 29.2 Å². The average Bonchev–Trinajstić information content (AvgIpc) is 2.13. The number of aliphatic hydroxyl groups excluding tert-OH is 1. The zero-order valence-corrected chi connectivity index (χ0v) is 11.3. The van der Waals surface area contributed by atoms with Gasteiger partial charge in [0.15, 0.2) is 0 Å². The molecule has 0 aromatic carbocycles. The number of β-amino-alcohol motifs (C(OH)–C–C–N with tert-alkyl or cyclic N) is 1. The summed E-state index contributed by atoms with van der Waals surface area (Å²) < 4.78 is 5.18. The minimum atomic E-state index is -1.13. The first-order valence-electron chi connectivity index (χ1n) is 5.93. The van der Waals surface area contributed by atoms with E-state index in [-0.39, 0.29) is 19.5 Å². The number of aliphatic carboxylic acids is 1. The molecule has 1 aliphatic rings. The summed E-state index contributed by atoms with van der Waals surface area (Å²) in [5, 5.41) is 18.9. The molecule has 0 bridgehead atoms. The highest BCUT2D eigenvalue weighted by atomic mass is 16.6. The van der Waals surface area contributed by atoms with Crippen molar-refractivity contribution in [2.45, 2.75) is 45.8 Å². The third kappa shape index (κ3) is 3.60.